The van der Waals surface area contributed by atoms with Gasteiger partial charge in [-0.15, -0.1) is 5.10 Å². The van der Waals surface area contributed by atoms with Gasteiger partial charge in [-0.05, 0) is 42.5 Å². The zero-order chi connectivity index (χ0) is 13.8. The molecular formula is C12H12N4O3. The number of nitrogens with zero attached hydrogens (tertiary/aromatic N) is 4. The number of esters is 1. The van der Waals surface area contributed by atoms with Crippen molar-refractivity contribution in [1.29, 1.82) is 0 Å². The molecule has 1 heterocycles. The van der Waals surface area contributed by atoms with Crippen molar-refractivity contribution in [3.05, 3.63) is 36.2 Å². The molecule has 0 fully saturated rings. The van der Waals surface area contributed by atoms with Gasteiger partial charge in [-0.25, -0.2) is 9.48 Å². The van der Waals surface area contributed by atoms with E-state index in [2.05, 4.69) is 15.5 Å². The molecule has 7 nitrogen and oxygen atoms in total. The number of Topliss-reactive ketones (excluding diaryl/α,β-unsaturated/α-hetero) is 1. The van der Waals surface area contributed by atoms with Crippen molar-refractivity contribution in [2.45, 2.75) is 20.0 Å². The van der Waals surface area contributed by atoms with Crippen LogP contribution in [-0.4, -0.2) is 38.1 Å². The summed E-state index contributed by atoms with van der Waals surface area (Å²) in [5.41, 5.74) is 0.969. The summed E-state index contributed by atoms with van der Waals surface area (Å²) < 4.78 is 6.44. The second-order valence-electron chi connectivity index (χ2n) is 3.96. The quantitative estimate of drug-likeness (QED) is 0.755. The van der Waals surface area contributed by atoms with Crippen LogP contribution >= 0.6 is 0 Å². The number of carbonyl (C=O) groups excluding carboxylic acids is 2. The van der Waals surface area contributed by atoms with Gasteiger partial charge >= 0.3 is 5.97 Å². The van der Waals surface area contributed by atoms with Crippen molar-refractivity contribution in [2.75, 3.05) is 0 Å². The maximum atomic E-state index is 11.8. The van der Waals surface area contributed by atoms with Crippen molar-refractivity contribution in [3.8, 4) is 5.69 Å². The molecule has 0 N–H and O–H groups in total. The number of tetrazole rings is 1. The summed E-state index contributed by atoms with van der Waals surface area (Å²) in [5.74, 6) is -0.761. The Hall–Kier alpha value is -2.57. The Balaban J connectivity index is 2.19. The largest absolute Gasteiger partial charge is 0.451 e. The van der Waals surface area contributed by atoms with Crippen molar-refractivity contribution < 1.29 is 14.3 Å². The topological polar surface area (TPSA) is 87.0 Å². The van der Waals surface area contributed by atoms with Crippen LogP contribution < -0.4 is 0 Å². The highest BCUT2D eigenvalue weighted by Crippen LogP contribution is 2.11. The SMILES string of the molecule is CC(=O)C(C)OC(=O)c1cccc(-n2cnnn2)c1. The number of hydrogen-bond donors (Lipinski definition) is 0. The summed E-state index contributed by atoms with van der Waals surface area (Å²) in [6.07, 6.45) is 0.659. The van der Waals surface area contributed by atoms with E-state index in [1.54, 1.807) is 24.3 Å². The minimum absolute atomic E-state index is 0.204. The van der Waals surface area contributed by atoms with Crippen LogP contribution in [0.1, 0.15) is 24.2 Å². The summed E-state index contributed by atoms with van der Waals surface area (Å²) in [5, 5.41) is 10.8. The summed E-state index contributed by atoms with van der Waals surface area (Å²) in [7, 11) is 0. The Morgan fingerprint density at radius 1 is 1.37 bits per heavy atom. The highest BCUT2D eigenvalue weighted by atomic mass is 16.5. The molecule has 0 bridgehead atoms. The molecule has 2 rings (SSSR count). The van der Waals surface area contributed by atoms with Crippen molar-refractivity contribution in [3.63, 3.8) is 0 Å². The standard InChI is InChI=1S/C12H12N4O3/c1-8(17)9(2)19-12(18)10-4-3-5-11(6-10)16-7-13-14-15-16/h3-7,9H,1-2H3. The van der Waals surface area contributed by atoms with Gasteiger partial charge in [-0.3, -0.25) is 4.79 Å². The lowest BCUT2D eigenvalue weighted by Crippen LogP contribution is -2.21. The van der Waals surface area contributed by atoms with Crippen LogP contribution in [0.25, 0.3) is 5.69 Å². The fraction of sp³-hybridized carbons (Fsp3) is 0.250. The molecule has 98 valence electrons. The highest BCUT2D eigenvalue weighted by Gasteiger charge is 2.15. The molecule has 0 spiro atoms. The van der Waals surface area contributed by atoms with Crippen LogP contribution in [0.15, 0.2) is 30.6 Å². The van der Waals surface area contributed by atoms with Gasteiger partial charge in [0.25, 0.3) is 0 Å². The monoisotopic (exact) mass is 260 g/mol. The van der Waals surface area contributed by atoms with Crippen LogP contribution in [-0.2, 0) is 9.53 Å². The van der Waals surface area contributed by atoms with Gasteiger partial charge in [0.15, 0.2) is 11.9 Å². The van der Waals surface area contributed by atoms with Gasteiger partial charge in [0.2, 0.25) is 0 Å². The fourth-order valence-electron chi connectivity index (χ4n) is 1.37. The van der Waals surface area contributed by atoms with Crippen LogP contribution in [0.5, 0.6) is 0 Å². The maximum absolute atomic E-state index is 11.8. The lowest BCUT2D eigenvalue weighted by atomic mass is 10.2. The predicted molar refractivity (Wildman–Crippen MR) is 64.7 cm³/mol. The van der Waals surface area contributed by atoms with Gasteiger partial charge in [0, 0.05) is 0 Å². The Morgan fingerprint density at radius 2 is 2.16 bits per heavy atom. The lowest BCUT2D eigenvalue weighted by Gasteiger charge is -2.10. The summed E-state index contributed by atoms with van der Waals surface area (Å²) in [6.45, 7) is 2.90. The van der Waals surface area contributed by atoms with E-state index in [-0.39, 0.29) is 5.78 Å². The van der Waals surface area contributed by atoms with E-state index in [0.717, 1.165) is 0 Å². The zero-order valence-electron chi connectivity index (χ0n) is 10.5. The van der Waals surface area contributed by atoms with Crippen molar-refractivity contribution in [2.24, 2.45) is 0 Å². The summed E-state index contributed by atoms with van der Waals surface area (Å²) in [4.78, 5) is 22.9. The third-order valence-corrected chi connectivity index (χ3v) is 2.55. The fourth-order valence-corrected chi connectivity index (χ4v) is 1.37. The summed E-state index contributed by atoms with van der Waals surface area (Å²) in [6, 6.07) is 6.63. The van der Waals surface area contributed by atoms with E-state index in [1.807, 2.05) is 0 Å². The Bertz CT molecular complexity index is 595. The number of ether oxygens (including phenoxy) is 1. The molecule has 1 aromatic carbocycles. The number of aromatic nitrogens is 4. The van der Waals surface area contributed by atoms with E-state index >= 15 is 0 Å². The first-order valence-corrected chi connectivity index (χ1v) is 5.63. The minimum Gasteiger partial charge on any atom is -0.451 e. The molecule has 0 amide bonds. The van der Waals surface area contributed by atoms with Crippen LogP contribution in [0.2, 0.25) is 0 Å². The third-order valence-electron chi connectivity index (χ3n) is 2.55. The Kier molecular flexibility index (Phi) is 3.65. The third kappa shape index (κ3) is 3.01. The van der Waals surface area contributed by atoms with Gasteiger partial charge in [0.05, 0.1) is 11.3 Å². The van der Waals surface area contributed by atoms with E-state index in [4.69, 9.17) is 4.74 Å². The molecule has 0 aliphatic heterocycles. The Morgan fingerprint density at radius 3 is 2.79 bits per heavy atom. The second-order valence-corrected chi connectivity index (χ2v) is 3.96. The number of rotatable bonds is 4. The average Bonchev–Trinajstić information content (AvgIpc) is 2.92. The van der Waals surface area contributed by atoms with Crippen LogP contribution in [0.4, 0.5) is 0 Å². The van der Waals surface area contributed by atoms with E-state index in [9.17, 15) is 9.59 Å². The first kappa shape index (κ1) is 12.9. The number of benzene rings is 1. The minimum atomic E-state index is -0.760. The first-order valence-electron chi connectivity index (χ1n) is 5.63. The van der Waals surface area contributed by atoms with Gasteiger partial charge < -0.3 is 4.74 Å². The van der Waals surface area contributed by atoms with Gasteiger partial charge in [-0.2, -0.15) is 0 Å². The molecule has 1 atom stereocenters. The van der Waals surface area contributed by atoms with Crippen LogP contribution in [0, 0.1) is 0 Å². The first-order chi connectivity index (χ1) is 9.08. The molecule has 1 aromatic heterocycles. The number of ketones is 1. The molecule has 0 saturated carbocycles. The zero-order valence-corrected chi connectivity index (χ0v) is 10.5. The van der Waals surface area contributed by atoms with Crippen LogP contribution in [0.3, 0.4) is 0 Å². The molecule has 1 unspecified atom stereocenters. The van der Waals surface area contributed by atoms with Crippen molar-refractivity contribution in [1.82, 2.24) is 20.2 Å². The maximum Gasteiger partial charge on any atom is 0.338 e. The van der Waals surface area contributed by atoms with E-state index in [1.165, 1.54) is 24.9 Å². The molecule has 19 heavy (non-hydrogen) atoms. The smallest absolute Gasteiger partial charge is 0.338 e. The molecular weight excluding hydrogens is 248 g/mol. The van der Waals surface area contributed by atoms with E-state index in [0.29, 0.717) is 11.3 Å². The molecule has 0 aliphatic rings. The number of carbonyl (C=O) groups is 2. The molecule has 0 radical (unpaired) electrons. The normalized spacial score (nSPS) is 11.9. The molecule has 0 aliphatic carbocycles. The van der Waals surface area contributed by atoms with E-state index < -0.39 is 12.1 Å². The molecule has 7 heteroatoms. The van der Waals surface area contributed by atoms with Gasteiger partial charge in [-0.1, -0.05) is 6.07 Å². The summed E-state index contributed by atoms with van der Waals surface area (Å²) >= 11 is 0. The second kappa shape index (κ2) is 5.38. The average molecular weight is 260 g/mol. The molecule has 0 saturated heterocycles. The van der Waals surface area contributed by atoms with Gasteiger partial charge in [0.1, 0.15) is 6.33 Å². The predicted octanol–water partition coefficient (Wildman–Crippen LogP) is 0.797. The van der Waals surface area contributed by atoms with Crippen molar-refractivity contribution >= 4 is 11.8 Å². The highest BCUT2D eigenvalue weighted by molar-refractivity contribution is 5.92. The number of hydrogen-bond acceptors (Lipinski definition) is 6. The Labute approximate surface area is 109 Å². The lowest BCUT2D eigenvalue weighted by molar-refractivity contribution is -0.124. The molecule has 2 aromatic rings.